The second-order valence-corrected chi connectivity index (χ2v) is 4.73. The summed E-state index contributed by atoms with van der Waals surface area (Å²) in [6.07, 6.45) is 0.579. The minimum Gasteiger partial charge on any atom is -0.466 e. The van der Waals surface area contributed by atoms with Gasteiger partial charge >= 0.3 is 5.97 Å². The predicted molar refractivity (Wildman–Crippen MR) is 79.3 cm³/mol. The van der Waals surface area contributed by atoms with E-state index in [0.29, 0.717) is 18.7 Å². The molecule has 0 saturated carbocycles. The van der Waals surface area contributed by atoms with Crippen molar-refractivity contribution in [3.05, 3.63) is 35.5 Å². The molecule has 1 aromatic heterocycles. The lowest BCUT2D eigenvalue weighted by atomic mass is 10.0. The maximum absolute atomic E-state index is 12.3. The van der Waals surface area contributed by atoms with Crippen molar-refractivity contribution in [3.63, 3.8) is 0 Å². The number of ketones is 1. The standard InChI is InChI=1S/C16H19NO4/c1-2-21-15(20)8-7-14(19)16-12(9-10-18)11-5-3-4-6-13(11)17-16/h3-6,17-18H,2,7-10H2,1H3. The van der Waals surface area contributed by atoms with Crippen LogP contribution >= 0.6 is 0 Å². The molecule has 0 radical (unpaired) electrons. The maximum Gasteiger partial charge on any atom is 0.306 e. The van der Waals surface area contributed by atoms with Crippen molar-refractivity contribution in [1.29, 1.82) is 0 Å². The molecule has 0 bridgehead atoms. The number of hydrogen-bond acceptors (Lipinski definition) is 4. The lowest BCUT2D eigenvalue weighted by Gasteiger charge is -2.03. The molecule has 1 heterocycles. The summed E-state index contributed by atoms with van der Waals surface area (Å²) in [5.41, 5.74) is 2.15. The van der Waals surface area contributed by atoms with Gasteiger partial charge in [-0.1, -0.05) is 18.2 Å². The third-order valence-electron chi connectivity index (χ3n) is 3.32. The van der Waals surface area contributed by atoms with Gasteiger partial charge in [-0.3, -0.25) is 9.59 Å². The first-order valence-electron chi connectivity index (χ1n) is 7.06. The molecule has 0 aliphatic carbocycles. The topological polar surface area (TPSA) is 79.4 Å². The number of para-hydroxylation sites is 1. The number of aromatic nitrogens is 1. The summed E-state index contributed by atoms with van der Waals surface area (Å²) in [5, 5.41) is 10.1. The highest BCUT2D eigenvalue weighted by Crippen LogP contribution is 2.24. The van der Waals surface area contributed by atoms with E-state index in [1.165, 1.54) is 0 Å². The minimum absolute atomic E-state index is 0.0278. The summed E-state index contributed by atoms with van der Waals surface area (Å²) >= 11 is 0. The normalized spacial score (nSPS) is 10.8. The summed E-state index contributed by atoms with van der Waals surface area (Å²) in [6.45, 7) is 2.02. The van der Waals surface area contributed by atoms with Gasteiger partial charge in [-0.2, -0.15) is 0 Å². The molecular formula is C16H19NO4. The number of H-pyrrole nitrogens is 1. The number of benzene rings is 1. The Morgan fingerprint density at radius 2 is 2.00 bits per heavy atom. The van der Waals surface area contributed by atoms with Gasteiger partial charge in [-0.15, -0.1) is 0 Å². The molecule has 2 aromatic rings. The summed E-state index contributed by atoms with van der Waals surface area (Å²) in [7, 11) is 0. The molecule has 2 rings (SSSR count). The van der Waals surface area contributed by atoms with Crippen molar-refractivity contribution in [2.24, 2.45) is 0 Å². The number of carbonyl (C=O) groups excluding carboxylic acids is 2. The maximum atomic E-state index is 12.3. The molecule has 112 valence electrons. The zero-order chi connectivity index (χ0) is 15.2. The number of rotatable bonds is 7. The zero-order valence-corrected chi connectivity index (χ0v) is 12.0. The fourth-order valence-electron chi connectivity index (χ4n) is 2.38. The van der Waals surface area contributed by atoms with Crippen LogP contribution in [0.25, 0.3) is 10.9 Å². The van der Waals surface area contributed by atoms with Crippen LogP contribution in [0.2, 0.25) is 0 Å². The highest BCUT2D eigenvalue weighted by Gasteiger charge is 2.18. The van der Waals surface area contributed by atoms with Crippen LogP contribution in [0.1, 0.15) is 35.8 Å². The van der Waals surface area contributed by atoms with E-state index >= 15 is 0 Å². The fourth-order valence-corrected chi connectivity index (χ4v) is 2.38. The Bertz CT molecular complexity index is 645. The monoisotopic (exact) mass is 289 g/mol. The van der Waals surface area contributed by atoms with E-state index in [2.05, 4.69) is 4.98 Å². The lowest BCUT2D eigenvalue weighted by Crippen LogP contribution is -2.10. The van der Waals surface area contributed by atoms with E-state index in [9.17, 15) is 14.7 Å². The predicted octanol–water partition coefficient (Wildman–Crippen LogP) is 2.23. The van der Waals surface area contributed by atoms with E-state index in [1.807, 2.05) is 24.3 Å². The Labute approximate surface area is 122 Å². The first kappa shape index (κ1) is 15.3. The van der Waals surface area contributed by atoms with Gasteiger partial charge in [0, 0.05) is 23.9 Å². The van der Waals surface area contributed by atoms with Crippen molar-refractivity contribution in [1.82, 2.24) is 4.98 Å². The number of carbonyl (C=O) groups is 2. The highest BCUT2D eigenvalue weighted by molar-refractivity contribution is 6.03. The van der Waals surface area contributed by atoms with Gasteiger partial charge in [0.05, 0.1) is 18.7 Å². The number of aliphatic hydroxyl groups excluding tert-OH is 1. The molecule has 0 atom stereocenters. The second-order valence-electron chi connectivity index (χ2n) is 4.73. The van der Waals surface area contributed by atoms with Gasteiger partial charge in [0.1, 0.15) is 0 Å². The number of ether oxygens (including phenoxy) is 1. The van der Waals surface area contributed by atoms with Gasteiger partial charge in [-0.05, 0) is 25.0 Å². The number of aliphatic hydroxyl groups is 1. The van der Waals surface area contributed by atoms with E-state index in [0.717, 1.165) is 16.5 Å². The summed E-state index contributed by atoms with van der Waals surface area (Å²) in [5.74, 6) is -0.506. The van der Waals surface area contributed by atoms with Crippen molar-refractivity contribution in [3.8, 4) is 0 Å². The number of Topliss-reactive ketones (excluding diaryl/α,β-unsaturated/α-hetero) is 1. The smallest absolute Gasteiger partial charge is 0.306 e. The third kappa shape index (κ3) is 3.49. The molecule has 5 nitrogen and oxygen atoms in total. The molecule has 21 heavy (non-hydrogen) atoms. The number of esters is 1. The van der Waals surface area contributed by atoms with Crippen molar-refractivity contribution >= 4 is 22.7 Å². The van der Waals surface area contributed by atoms with Gasteiger partial charge in [0.2, 0.25) is 0 Å². The molecule has 0 aliphatic rings. The Morgan fingerprint density at radius 3 is 2.71 bits per heavy atom. The number of hydrogen-bond donors (Lipinski definition) is 2. The largest absolute Gasteiger partial charge is 0.466 e. The molecule has 0 spiro atoms. The summed E-state index contributed by atoms with van der Waals surface area (Å²) in [4.78, 5) is 26.7. The van der Waals surface area contributed by atoms with Crippen LogP contribution in [-0.2, 0) is 16.0 Å². The lowest BCUT2D eigenvalue weighted by molar-refractivity contribution is -0.143. The molecule has 0 aliphatic heterocycles. The van der Waals surface area contributed by atoms with E-state index in [-0.39, 0.29) is 31.2 Å². The van der Waals surface area contributed by atoms with Crippen molar-refractivity contribution < 1.29 is 19.4 Å². The number of aromatic amines is 1. The second kappa shape index (κ2) is 7.04. The summed E-state index contributed by atoms with van der Waals surface area (Å²) in [6, 6.07) is 7.58. The first-order chi connectivity index (χ1) is 10.2. The third-order valence-corrected chi connectivity index (χ3v) is 3.32. The quantitative estimate of drug-likeness (QED) is 0.605. The molecule has 0 amide bonds. The molecular weight excluding hydrogens is 270 g/mol. The molecule has 0 unspecified atom stereocenters. The van der Waals surface area contributed by atoms with Crippen LogP contribution in [0.5, 0.6) is 0 Å². The molecule has 0 fully saturated rings. The summed E-state index contributed by atoms with van der Waals surface area (Å²) < 4.78 is 4.82. The van der Waals surface area contributed by atoms with Crippen molar-refractivity contribution in [2.45, 2.75) is 26.2 Å². The first-order valence-corrected chi connectivity index (χ1v) is 7.06. The molecule has 1 aromatic carbocycles. The number of fused-ring (bicyclic) bond motifs is 1. The average molecular weight is 289 g/mol. The van der Waals surface area contributed by atoms with Gasteiger partial charge in [0.15, 0.2) is 5.78 Å². The zero-order valence-electron chi connectivity index (χ0n) is 12.0. The molecule has 0 saturated heterocycles. The molecule has 5 heteroatoms. The Morgan fingerprint density at radius 1 is 1.24 bits per heavy atom. The highest BCUT2D eigenvalue weighted by atomic mass is 16.5. The van der Waals surface area contributed by atoms with Crippen LogP contribution in [0.15, 0.2) is 24.3 Å². The van der Waals surface area contributed by atoms with Crippen molar-refractivity contribution in [2.75, 3.05) is 13.2 Å². The Kier molecular flexibility index (Phi) is 5.11. The van der Waals surface area contributed by atoms with E-state index < -0.39 is 0 Å². The Hall–Kier alpha value is -2.14. The number of nitrogens with one attached hydrogen (secondary N) is 1. The van der Waals surface area contributed by atoms with Crippen LogP contribution in [0.3, 0.4) is 0 Å². The van der Waals surface area contributed by atoms with Crippen LogP contribution in [0, 0.1) is 0 Å². The minimum atomic E-state index is -0.370. The molecule has 2 N–H and O–H groups in total. The van der Waals surface area contributed by atoms with Crippen LogP contribution in [-0.4, -0.2) is 35.1 Å². The average Bonchev–Trinajstić information content (AvgIpc) is 2.85. The van der Waals surface area contributed by atoms with Gasteiger partial charge in [0.25, 0.3) is 0 Å². The SMILES string of the molecule is CCOC(=O)CCC(=O)c1[nH]c2ccccc2c1CCO. The van der Waals surface area contributed by atoms with Crippen LogP contribution < -0.4 is 0 Å². The Balaban J connectivity index is 2.21. The van der Waals surface area contributed by atoms with E-state index in [1.54, 1.807) is 6.92 Å². The fraction of sp³-hybridized carbons (Fsp3) is 0.375. The van der Waals surface area contributed by atoms with Gasteiger partial charge in [-0.25, -0.2) is 0 Å². The van der Waals surface area contributed by atoms with E-state index in [4.69, 9.17) is 4.74 Å². The van der Waals surface area contributed by atoms with Crippen LogP contribution in [0.4, 0.5) is 0 Å². The van der Waals surface area contributed by atoms with Gasteiger partial charge < -0.3 is 14.8 Å².